The summed E-state index contributed by atoms with van der Waals surface area (Å²) >= 11 is 0. The van der Waals surface area contributed by atoms with Crippen LogP contribution in [0.2, 0.25) is 0 Å². The maximum absolute atomic E-state index is 5.56. The van der Waals surface area contributed by atoms with Crippen molar-refractivity contribution in [3.05, 3.63) is 35.7 Å². The highest BCUT2D eigenvalue weighted by molar-refractivity contribution is 5.85. The van der Waals surface area contributed by atoms with Gasteiger partial charge in [0.25, 0.3) is 0 Å². The molecule has 1 heterocycles. The lowest BCUT2D eigenvalue weighted by molar-refractivity contribution is 0.0773. The van der Waals surface area contributed by atoms with E-state index >= 15 is 0 Å². The van der Waals surface area contributed by atoms with Crippen molar-refractivity contribution in [3.63, 3.8) is 0 Å². The molecule has 0 amide bonds. The number of benzene rings is 1. The average Bonchev–Trinajstić information content (AvgIpc) is 2.87. The van der Waals surface area contributed by atoms with E-state index in [1.165, 1.54) is 0 Å². The number of rotatable bonds is 6. The third kappa shape index (κ3) is 4.59. The first-order valence-corrected chi connectivity index (χ1v) is 6.42. The molecule has 0 aliphatic carbocycles. The van der Waals surface area contributed by atoms with Crippen LogP contribution < -0.4 is 5.73 Å². The number of hydrogen-bond donors (Lipinski definition) is 1. The molecular weight excluding hydrogens is 278 g/mol. The Balaban J connectivity index is 0.00000200. The van der Waals surface area contributed by atoms with Crippen LogP contribution in [0.3, 0.4) is 0 Å². The smallest absolute Gasteiger partial charge is 0.229 e. The molecule has 20 heavy (non-hydrogen) atoms. The van der Waals surface area contributed by atoms with Crippen molar-refractivity contribution in [1.29, 1.82) is 0 Å². The normalized spacial score (nSPS) is 10.6. The van der Waals surface area contributed by atoms with Crippen molar-refractivity contribution in [1.82, 2.24) is 10.1 Å². The summed E-state index contributed by atoms with van der Waals surface area (Å²) in [4.78, 5) is 4.34. The molecule has 0 bridgehead atoms. The Kier molecular flexibility index (Phi) is 6.64. The van der Waals surface area contributed by atoms with Gasteiger partial charge in [0.15, 0.2) is 0 Å². The quantitative estimate of drug-likeness (QED) is 0.887. The van der Waals surface area contributed by atoms with Crippen molar-refractivity contribution in [2.45, 2.75) is 32.9 Å². The van der Waals surface area contributed by atoms with Gasteiger partial charge in [-0.2, -0.15) is 4.98 Å². The first-order valence-electron chi connectivity index (χ1n) is 6.42. The molecule has 0 saturated carbocycles. The standard InChI is InChI=1S/C14H19N3O2.ClH/c1-10(2)18-8-7-13-16-14(17-19-13)12-5-3-11(9-15)4-6-12;/h3-6,10H,7-9,15H2,1-2H3;1H. The molecule has 0 spiro atoms. The van der Waals surface area contributed by atoms with E-state index < -0.39 is 0 Å². The Hall–Kier alpha value is -1.43. The fourth-order valence-corrected chi connectivity index (χ4v) is 1.65. The minimum Gasteiger partial charge on any atom is -0.378 e. The second-order valence-electron chi connectivity index (χ2n) is 4.58. The zero-order valence-electron chi connectivity index (χ0n) is 11.7. The van der Waals surface area contributed by atoms with Crippen LogP contribution in [-0.2, 0) is 17.7 Å². The zero-order valence-corrected chi connectivity index (χ0v) is 12.5. The number of nitrogens with zero attached hydrogens (tertiary/aromatic N) is 2. The third-order valence-electron chi connectivity index (χ3n) is 2.68. The van der Waals surface area contributed by atoms with Crippen molar-refractivity contribution in [2.24, 2.45) is 5.73 Å². The molecule has 0 atom stereocenters. The van der Waals surface area contributed by atoms with E-state index in [0.29, 0.717) is 31.3 Å². The van der Waals surface area contributed by atoms with E-state index in [0.717, 1.165) is 11.1 Å². The molecule has 0 radical (unpaired) electrons. The van der Waals surface area contributed by atoms with Crippen molar-refractivity contribution in [2.75, 3.05) is 6.61 Å². The van der Waals surface area contributed by atoms with Crippen LogP contribution in [0.1, 0.15) is 25.3 Å². The number of halogens is 1. The molecule has 6 heteroatoms. The summed E-state index contributed by atoms with van der Waals surface area (Å²) < 4.78 is 10.6. The molecule has 0 aliphatic rings. The topological polar surface area (TPSA) is 74.2 Å². The molecule has 1 aromatic carbocycles. The van der Waals surface area contributed by atoms with Crippen LogP contribution in [0.5, 0.6) is 0 Å². The summed E-state index contributed by atoms with van der Waals surface area (Å²) in [6, 6.07) is 7.82. The maximum Gasteiger partial charge on any atom is 0.229 e. The van der Waals surface area contributed by atoms with Crippen LogP contribution >= 0.6 is 12.4 Å². The van der Waals surface area contributed by atoms with Crippen LogP contribution in [0.25, 0.3) is 11.4 Å². The summed E-state index contributed by atoms with van der Waals surface area (Å²) in [5.41, 5.74) is 7.57. The third-order valence-corrected chi connectivity index (χ3v) is 2.68. The van der Waals surface area contributed by atoms with Crippen LogP contribution in [-0.4, -0.2) is 22.9 Å². The second-order valence-corrected chi connectivity index (χ2v) is 4.58. The van der Waals surface area contributed by atoms with Crippen molar-refractivity contribution >= 4 is 12.4 Å². The van der Waals surface area contributed by atoms with Gasteiger partial charge in [-0.25, -0.2) is 0 Å². The van der Waals surface area contributed by atoms with E-state index in [1.807, 2.05) is 38.1 Å². The maximum atomic E-state index is 5.56. The zero-order chi connectivity index (χ0) is 13.7. The number of hydrogen-bond acceptors (Lipinski definition) is 5. The van der Waals surface area contributed by atoms with Gasteiger partial charge in [0.1, 0.15) is 0 Å². The van der Waals surface area contributed by atoms with E-state index in [9.17, 15) is 0 Å². The Morgan fingerprint density at radius 1 is 1.25 bits per heavy atom. The van der Waals surface area contributed by atoms with Gasteiger partial charge in [0.2, 0.25) is 11.7 Å². The highest BCUT2D eigenvalue weighted by Crippen LogP contribution is 2.16. The summed E-state index contributed by atoms with van der Waals surface area (Å²) in [5.74, 6) is 1.20. The van der Waals surface area contributed by atoms with E-state index in [1.54, 1.807) is 0 Å². The largest absolute Gasteiger partial charge is 0.378 e. The van der Waals surface area contributed by atoms with Crippen LogP contribution in [0, 0.1) is 0 Å². The van der Waals surface area contributed by atoms with Crippen molar-refractivity contribution < 1.29 is 9.26 Å². The van der Waals surface area contributed by atoms with Crippen LogP contribution in [0.15, 0.2) is 28.8 Å². The number of nitrogens with two attached hydrogens (primary N) is 1. The summed E-state index contributed by atoms with van der Waals surface area (Å²) in [5, 5.41) is 3.97. The lowest BCUT2D eigenvalue weighted by Crippen LogP contribution is -2.06. The fraction of sp³-hybridized carbons (Fsp3) is 0.429. The number of ether oxygens (including phenoxy) is 1. The molecule has 1 aromatic heterocycles. The first-order chi connectivity index (χ1) is 9.19. The minimum atomic E-state index is 0. The van der Waals surface area contributed by atoms with Gasteiger partial charge in [0.05, 0.1) is 19.1 Å². The Labute approximate surface area is 124 Å². The molecule has 2 aromatic rings. The second kappa shape index (κ2) is 7.99. The summed E-state index contributed by atoms with van der Waals surface area (Å²) in [7, 11) is 0. The van der Waals surface area contributed by atoms with E-state index in [4.69, 9.17) is 15.0 Å². The Morgan fingerprint density at radius 2 is 1.95 bits per heavy atom. The highest BCUT2D eigenvalue weighted by Gasteiger charge is 2.08. The minimum absolute atomic E-state index is 0. The molecule has 2 N–H and O–H groups in total. The monoisotopic (exact) mass is 297 g/mol. The molecule has 0 saturated heterocycles. The lowest BCUT2D eigenvalue weighted by Gasteiger charge is -2.04. The van der Waals surface area contributed by atoms with E-state index in [-0.39, 0.29) is 18.5 Å². The summed E-state index contributed by atoms with van der Waals surface area (Å²) in [6.07, 6.45) is 0.845. The van der Waals surface area contributed by atoms with Crippen LogP contribution in [0.4, 0.5) is 0 Å². The lowest BCUT2D eigenvalue weighted by atomic mass is 10.1. The van der Waals surface area contributed by atoms with Gasteiger partial charge in [-0.15, -0.1) is 12.4 Å². The van der Waals surface area contributed by atoms with Gasteiger partial charge in [-0.1, -0.05) is 29.4 Å². The number of aromatic nitrogens is 2. The molecule has 0 unspecified atom stereocenters. The molecule has 110 valence electrons. The van der Waals surface area contributed by atoms with Gasteiger partial charge < -0.3 is 15.0 Å². The predicted molar refractivity (Wildman–Crippen MR) is 79.7 cm³/mol. The molecule has 5 nitrogen and oxygen atoms in total. The fourth-order valence-electron chi connectivity index (χ4n) is 1.65. The average molecular weight is 298 g/mol. The predicted octanol–water partition coefficient (Wildman–Crippen LogP) is 2.58. The van der Waals surface area contributed by atoms with Crippen molar-refractivity contribution in [3.8, 4) is 11.4 Å². The molecule has 0 fully saturated rings. The highest BCUT2D eigenvalue weighted by atomic mass is 35.5. The SMILES string of the molecule is CC(C)OCCc1nc(-c2ccc(CN)cc2)no1.Cl. The van der Waals surface area contributed by atoms with E-state index in [2.05, 4.69) is 10.1 Å². The van der Waals surface area contributed by atoms with Gasteiger partial charge >= 0.3 is 0 Å². The Bertz CT molecular complexity index is 511. The molecular formula is C14H20ClN3O2. The summed E-state index contributed by atoms with van der Waals surface area (Å²) in [6.45, 7) is 5.12. The molecule has 0 aliphatic heterocycles. The first kappa shape index (κ1) is 16.6. The Morgan fingerprint density at radius 3 is 2.55 bits per heavy atom. The van der Waals surface area contributed by atoms with Gasteiger partial charge in [-0.05, 0) is 19.4 Å². The molecule has 2 rings (SSSR count). The van der Waals surface area contributed by atoms with Gasteiger partial charge in [0, 0.05) is 12.1 Å². The van der Waals surface area contributed by atoms with Gasteiger partial charge in [-0.3, -0.25) is 0 Å².